The van der Waals surface area contributed by atoms with Gasteiger partial charge in [-0.15, -0.1) is 0 Å². The monoisotopic (exact) mass is 278 g/mol. The lowest BCUT2D eigenvalue weighted by atomic mass is 10.1. The van der Waals surface area contributed by atoms with Crippen LogP contribution in [0.3, 0.4) is 0 Å². The van der Waals surface area contributed by atoms with Gasteiger partial charge < -0.3 is 9.36 Å². The molecule has 0 saturated heterocycles. The molecule has 16 heavy (non-hydrogen) atoms. The number of halogens is 1. The van der Waals surface area contributed by atoms with Crippen molar-refractivity contribution in [1.29, 1.82) is 0 Å². The second-order valence-electron chi connectivity index (χ2n) is 4.19. The normalized spacial score (nSPS) is 15.6. The van der Waals surface area contributed by atoms with Crippen molar-refractivity contribution in [3.05, 3.63) is 28.5 Å². The average Bonchev–Trinajstić information content (AvgIpc) is 3.03. The molecule has 1 saturated carbocycles. The number of hydrogen-bond acceptors (Lipinski definition) is 2. The van der Waals surface area contributed by atoms with E-state index in [1.54, 1.807) is 0 Å². The van der Waals surface area contributed by atoms with E-state index in [1.807, 2.05) is 12.4 Å². The van der Waals surface area contributed by atoms with Gasteiger partial charge in [0.2, 0.25) is 0 Å². The van der Waals surface area contributed by atoms with Crippen LogP contribution in [-0.2, 0) is 11.2 Å². The van der Waals surface area contributed by atoms with Crippen molar-refractivity contribution in [3.8, 4) is 0 Å². The minimum Gasteiger partial charge on any atom is -0.327 e. The van der Waals surface area contributed by atoms with Crippen LogP contribution in [0.1, 0.15) is 24.4 Å². The first-order chi connectivity index (χ1) is 7.79. The number of fused-ring (bicyclic) bond motifs is 1. The Labute approximate surface area is 102 Å². The minimum atomic E-state index is 0.437. The lowest BCUT2D eigenvalue weighted by molar-refractivity contribution is -0.107. The highest BCUT2D eigenvalue weighted by Crippen LogP contribution is 2.38. The summed E-state index contributed by atoms with van der Waals surface area (Å²) in [6.07, 6.45) is 5.76. The fourth-order valence-electron chi connectivity index (χ4n) is 1.98. The number of imidazole rings is 1. The molecule has 0 amide bonds. The molecule has 0 radical (unpaired) electrons. The summed E-state index contributed by atoms with van der Waals surface area (Å²) in [5.74, 6) is 0. The van der Waals surface area contributed by atoms with E-state index in [0.717, 1.165) is 27.4 Å². The van der Waals surface area contributed by atoms with Crippen molar-refractivity contribution in [3.63, 3.8) is 0 Å². The Hall–Kier alpha value is -1.16. The molecule has 1 heterocycles. The van der Waals surface area contributed by atoms with Gasteiger partial charge >= 0.3 is 0 Å². The van der Waals surface area contributed by atoms with Crippen molar-refractivity contribution in [2.75, 3.05) is 0 Å². The summed E-state index contributed by atoms with van der Waals surface area (Å²) in [6, 6.07) is 4.69. The second-order valence-corrected chi connectivity index (χ2v) is 5.04. The molecule has 0 atom stereocenters. The zero-order valence-electron chi connectivity index (χ0n) is 8.69. The fourth-order valence-corrected chi connectivity index (χ4v) is 2.47. The molecule has 1 fully saturated rings. The number of carbonyl (C=O) groups excluding carboxylic acids is 1. The number of nitrogens with zero attached hydrogens (tertiary/aromatic N) is 2. The summed E-state index contributed by atoms with van der Waals surface area (Å²) >= 11 is 3.51. The maximum Gasteiger partial charge on any atom is 0.124 e. The molecule has 0 bridgehead atoms. The van der Waals surface area contributed by atoms with Crippen LogP contribution in [0.4, 0.5) is 0 Å². The first-order valence-corrected chi connectivity index (χ1v) is 6.17. The highest BCUT2D eigenvalue weighted by atomic mass is 79.9. The molecule has 0 aliphatic heterocycles. The van der Waals surface area contributed by atoms with Crippen molar-refractivity contribution in [1.82, 2.24) is 9.55 Å². The predicted molar refractivity (Wildman–Crippen MR) is 65.5 cm³/mol. The van der Waals surface area contributed by atoms with Crippen molar-refractivity contribution >= 4 is 33.2 Å². The second kappa shape index (κ2) is 3.70. The molecule has 4 heteroatoms. The van der Waals surface area contributed by atoms with Gasteiger partial charge in [-0.3, -0.25) is 0 Å². The fraction of sp³-hybridized carbons (Fsp3) is 0.333. The van der Waals surface area contributed by atoms with Gasteiger partial charge in [0.1, 0.15) is 6.29 Å². The van der Waals surface area contributed by atoms with Crippen molar-refractivity contribution < 1.29 is 4.79 Å². The van der Waals surface area contributed by atoms with Crippen LogP contribution in [0.25, 0.3) is 11.0 Å². The van der Waals surface area contributed by atoms with Crippen molar-refractivity contribution in [2.45, 2.75) is 25.3 Å². The molecular formula is C12H11BrN2O. The number of carbonyl (C=O) groups is 1. The summed E-state index contributed by atoms with van der Waals surface area (Å²) < 4.78 is 3.22. The molecule has 1 aliphatic rings. The number of benzene rings is 1. The molecule has 0 spiro atoms. The van der Waals surface area contributed by atoms with Crippen molar-refractivity contribution in [2.24, 2.45) is 0 Å². The molecule has 1 aromatic heterocycles. The lowest BCUT2D eigenvalue weighted by Gasteiger charge is -2.04. The summed E-state index contributed by atoms with van der Waals surface area (Å²) in [4.78, 5) is 14.9. The average molecular weight is 279 g/mol. The highest BCUT2D eigenvalue weighted by Gasteiger charge is 2.25. The van der Waals surface area contributed by atoms with Crippen LogP contribution in [0, 0.1) is 0 Å². The van der Waals surface area contributed by atoms with E-state index in [2.05, 4.69) is 31.5 Å². The molecule has 2 aromatic rings. The van der Waals surface area contributed by atoms with E-state index in [0.29, 0.717) is 12.5 Å². The lowest BCUT2D eigenvalue weighted by Crippen LogP contribution is -1.92. The molecule has 1 aliphatic carbocycles. The van der Waals surface area contributed by atoms with Crippen LogP contribution in [-0.4, -0.2) is 15.8 Å². The molecule has 0 unspecified atom stereocenters. The Bertz CT molecular complexity index is 557. The minimum absolute atomic E-state index is 0.437. The topological polar surface area (TPSA) is 34.9 Å². The van der Waals surface area contributed by atoms with E-state index in [-0.39, 0.29) is 0 Å². The highest BCUT2D eigenvalue weighted by molar-refractivity contribution is 9.10. The molecule has 1 aromatic carbocycles. The summed E-state index contributed by atoms with van der Waals surface area (Å²) in [5, 5.41) is 0. The van der Waals surface area contributed by atoms with Gasteiger partial charge in [-0.25, -0.2) is 4.98 Å². The van der Waals surface area contributed by atoms with E-state index in [4.69, 9.17) is 0 Å². The molecule has 3 nitrogen and oxygen atoms in total. The van der Waals surface area contributed by atoms with E-state index in [1.165, 1.54) is 12.8 Å². The van der Waals surface area contributed by atoms with Crippen LogP contribution >= 0.6 is 15.9 Å². The largest absolute Gasteiger partial charge is 0.327 e. The van der Waals surface area contributed by atoms with Crippen LogP contribution in [0.2, 0.25) is 0 Å². The Morgan fingerprint density at radius 3 is 3.00 bits per heavy atom. The SMILES string of the molecule is O=CCc1cc2ncn(C3CC3)c2cc1Br. The van der Waals surface area contributed by atoms with Gasteiger partial charge in [-0.05, 0) is 30.5 Å². The van der Waals surface area contributed by atoms with E-state index >= 15 is 0 Å². The number of aromatic nitrogens is 2. The Morgan fingerprint density at radius 2 is 2.31 bits per heavy atom. The van der Waals surface area contributed by atoms with Crippen LogP contribution in [0.5, 0.6) is 0 Å². The predicted octanol–water partition coefficient (Wildman–Crippen LogP) is 2.88. The number of rotatable bonds is 3. The smallest absolute Gasteiger partial charge is 0.124 e. The summed E-state index contributed by atoms with van der Waals surface area (Å²) in [7, 11) is 0. The standard InChI is InChI=1S/C12H11BrN2O/c13-10-6-12-11(5-8(10)3-4-16)14-7-15(12)9-1-2-9/h4-7,9H,1-3H2. The van der Waals surface area contributed by atoms with Gasteiger partial charge in [-0.1, -0.05) is 15.9 Å². The Balaban J connectivity index is 2.15. The van der Waals surface area contributed by atoms with Crippen LogP contribution < -0.4 is 0 Å². The number of hydrogen-bond donors (Lipinski definition) is 0. The number of aldehydes is 1. The molecule has 0 N–H and O–H groups in total. The maximum absolute atomic E-state index is 10.5. The third kappa shape index (κ3) is 1.57. The van der Waals surface area contributed by atoms with Gasteiger partial charge in [0.25, 0.3) is 0 Å². The van der Waals surface area contributed by atoms with Gasteiger partial charge in [0.05, 0.1) is 17.4 Å². The first-order valence-electron chi connectivity index (χ1n) is 5.38. The maximum atomic E-state index is 10.5. The Morgan fingerprint density at radius 1 is 1.50 bits per heavy atom. The van der Waals surface area contributed by atoms with E-state index in [9.17, 15) is 4.79 Å². The molecule has 82 valence electrons. The summed E-state index contributed by atoms with van der Waals surface area (Å²) in [5.41, 5.74) is 3.14. The molecular weight excluding hydrogens is 268 g/mol. The molecule has 3 rings (SSSR count). The Kier molecular flexibility index (Phi) is 2.32. The van der Waals surface area contributed by atoms with Gasteiger partial charge in [0, 0.05) is 16.9 Å². The quantitative estimate of drug-likeness (QED) is 0.810. The zero-order chi connectivity index (χ0) is 11.1. The summed E-state index contributed by atoms with van der Waals surface area (Å²) in [6.45, 7) is 0. The van der Waals surface area contributed by atoms with Crippen LogP contribution in [0.15, 0.2) is 22.9 Å². The van der Waals surface area contributed by atoms with E-state index < -0.39 is 0 Å². The van der Waals surface area contributed by atoms with Gasteiger partial charge in [-0.2, -0.15) is 0 Å². The zero-order valence-corrected chi connectivity index (χ0v) is 10.3. The third-order valence-electron chi connectivity index (χ3n) is 2.99. The van der Waals surface area contributed by atoms with Gasteiger partial charge in [0.15, 0.2) is 0 Å². The first kappa shape index (κ1) is 10.0. The third-order valence-corrected chi connectivity index (χ3v) is 3.72.